The fourth-order valence-electron chi connectivity index (χ4n) is 5.67. The molecule has 3 heterocycles. The molecule has 6 nitrogen and oxygen atoms in total. The predicted molar refractivity (Wildman–Crippen MR) is 151 cm³/mol. The second kappa shape index (κ2) is 10.2. The molecule has 200 valence electrons. The number of aromatic nitrogens is 1. The van der Waals surface area contributed by atoms with Gasteiger partial charge in [0.25, 0.3) is 0 Å². The van der Waals surface area contributed by atoms with Crippen LogP contribution in [-0.4, -0.2) is 31.4 Å². The number of hydrogen-bond acceptors (Lipinski definition) is 5. The molecule has 1 aromatic heterocycles. The molecule has 0 amide bonds. The summed E-state index contributed by atoms with van der Waals surface area (Å²) in [6.45, 7) is 5.14. The van der Waals surface area contributed by atoms with Gasteiger partial charge in [-0.15, -0.1) is 0 Å². The number of aryl methyl sites for hydroxylation is 2. The summed E-state index contributed by atoms with van der Waals surface area (Å²) in [5.41, 5.74) is 9.42. The molecule has 0 fully saturated rings. The molecule has 4 aromatic rings. The van der Waals surface area contributed by atoms with Crippen molar-refractivity contribution in [3.63, 3.8) is 0 Å². The van der Waals surface area contributed by atoms with E-state index in [1.165, 1.54) is 0 Å². The smallest absolute Gasteiger partial charge is 0.243 e. The number of sulfonamides is 1. The Kier molecular flexibility index (Phi) is 6.75. The normalized spacial score (nSPS) is 17.4. The van der Waals surface area contributed by atoms with Gasteiger partial charge in [0.05, 0.1) is 30.4 Å². The Bertz CT molecular complexity index is 1630. The maximum Gasteiger partial charge on any atom is 0.243 e. The van der Waals surface area contributed by atoms with E-state index >= 15 is 0 Å². The van der Waals surface area contributed by atoms with Crippen LogP contribution in [-0.2, 0) is 40.8 Å². The number of fused-ring (bicyclic) bond motifs is 3. The van der Waals surface area contributed by atoms with Crippen LogP contribution in [0.4, 0.5) is 0 Å². The minimum atomic E-state index is -3.63. The Morgan fingerprint density at radius 1 is 0.949 bits per heavy atom. The van der Waals surface area contributed by atoms with Crippen LogP contribution >= 0.6 is 0 Å². The standard InChI is InChI=1S/C32H32N2O4S/c1-21-9-12-25(13-10-21)39(35,36)34-16-15-30-28(19-34)29-20-38-31(23-7-5-4-6-8-23)18-27(29)32(33-30)26-14-11-24(37-3)17-22(26)2/h4-14,17,31H,15-16,18-20H2,1-3H3/t31-/m1/s1. The predicted octanol–water partition coefficient (Wildman–Crippen LogP) is 5.94. The summed E-state index contributed by atoms with van der Waals surface area (Å²) in [5, 5.41) is 0. The van der Waals surface area contributed by atoms with Gasteiger partial charge in [-0.2, -0.15) is 4.31 Å². The summed E-state index contributed by atoms with van der Waals surface area (Å²) < 4.78 is 40.6. The van der Waals surface area contributed by atoms with Crippen LogP contribution in [0.2, 0.25) is 0 Å². The van der Waals surface area contributed by atoms with Crippen molar-refractivity contribution in [1.29, 1.82) is 0 Å². The van der Waals surface area contributed by atoms with Gasteiger partial charge in [0.2, 0.25) is 10.0 Å². The Morgan fingerprint density at radius 2 is 1.72 bits per heavy atom. The molecule has 3 aromatic carbocycles. The SMILES string of the molecule is COc1ccc(-c2nc3c(c4c2C[C@H](c2ccccc2)OC4)CN(S(=O)(=O)c2ccc(C)cc2)CC3)c(C)c1. The van der Waals surface area contributed by atoms with E-state index in [9.17, 15) is 8.42 Å². The van der Waals surface area contributed by atoms with Crippen LogP contribution in [0.5, 0.6) is 5.75 Å². The van der Waals surface area contributed by atoms with Crippen molar-refractivity contribution in [2.24, 2.45) is 0 Å². The molecule has 0 spiro atoms. The third-order valence-electron chi connectivity index (χ3n) is 7.88. The number of ether oxygens (including phenoxy) is 2. The van der Waals surface area contributed by atoms with Crippen molar-refractivity contribution in [2.45, 2.75) is 50.8 Å². The first kappa shape index (κ1) is 25.7. The molecule has 2 aliphatic rings. The molecule has 0 bridgehead atoms. The molecular formula is C32H32N2O4S. The third kappa shape index (κ3) is 4.75. The summed E-state index contributed by atoms with van der Waals surface area (Å²) >= 11 is 0. The average Bonchev–Trinajstić information content (AvgIpc) is 2.97. The molecule has 0 aliphatic carbocycles. The lowest BCUT2D eigenvalue weighted by atomic mass is 9.86. The highest BCUT2D eigenvalue weighted by molar-refractivity contribution is 7.89. The number of rotatable bonds is 5. The number of pyridine rings is 1. The van der Waals surface area contributed by atoms with Crippen LogP contribution in [0.15, 0.2) is 77.7 Å². The fraction of sp³-hybridized carbons (Fsp3) is 0.281. The highest BCUT2D eigenvalue weighted by Gasteiger charge is 2.34. The van der Waals surface area contributed by atoms with E-state index < -0.39 is 10.0 Å². The lowest BCUT2D eigenvalue weighted by Crippen LogP contribution is -2.37. The Hall–Kier alpha value is -3.52. The topological polar surface area (TPSA) is 68.7 Å². The highest BCUT2D eigenvalue weighted by Crippen LogP contribution is 2.41. The molecule has 6 rings (SSSR count). The monoisotopic (exact) mass is 540 g/mol. The second-order valence-electron chi connectivity index (χ2n) is 10.3. The quantitative estimate of drug-likeness (QED) is 0.314. The molecule has 7 heteroatoms. The van der Waals surface area contributed by atoms with E-state index in [1.54, 1.807) is 23.5 Å². The van der Waals surface area contributed by atoms with Gasteiger partial charge >= 0.3 is 0 Å². The first-order chi connectivity index (χ1) is 18.8. The van der Waals surface area contributed by atoms with Crippen molar-refractivity contribution in [2.75, 3.05) is 13.7 Å². The van der Waals surface area contributed by atoms with Crippen molar-refractivity contribution in [3.8, 4) is 17.0 Å². The van der Waals surface area contributed by atoms with Crippen LogP contribution in [0.25, 0.3) is 11.3 Å². The average molecular weight is 541 g/mol. The molecule has 0 saturated heterocycles. The summed E-state index contributed by atoms with van der Waals surface area (Å²) in [6, 6.07) is 23.4. The maximum absolute atomic E-state index is 13.6. The first-order valence-corrected chi connectivity index (χ1v) is 14.7. The van der Waals surface area contributed by atoms with Gasteiger partial charge in [-0.25, -0.2) is 8.42 Å². The minimum Gasteiger partial charge on any atom is -0.497 e. The zero-order valence-electron chi connectivity index (χ0n) is 22.5. The number of hydrogen-bond donors (Lipinski definition) is 0. The second-order valence-corrected chi connectivity index (χ2v) is 12.3. The molecule has 1 atom stereocenters. The molecule has 0 radical (unpaired) electrons. The van der Waals surface area contributed by atoms with Gasteiger partial charge in [-0.3, -0.25) is 4.98 Å². The Labute approximate surface area is 230 Å². The van der Waals surface area contributed by atoms with Gasteiger partial charge in [0, 0.05) is 37.2 Å². The molecule has 2 aliphatic heterocycles. The van der Waals surface area contributed by atoms with Gasteiger partial charge in [0.15, 0.2) is 0 Å². The molecule has 39 heavy (non-hydrogen) atoms. The van der Waals surface area contributed by atoms with E-state index in [1.807, 2.05) is 49.4 Å². The van der Waals surface area contributed by atoms with Crippen LogP contribution in [0, 0.1) is 13.8 Å². The van der Waals surface area contributed by atoms with E-state index in [0.29, 0.717) is 37.4 Å². The number of nitrogens with zero attached hydrogens (tertiary/aromatic N) is 2. The van der Waals surface area contributed by atoms with Crippen molar-refractivity contribution in [3.05, 3.63) is 112 Å². The van der Waals surface area contributed by atoms with E-state index in [2.05, 4.69) is 25.1 Å². The Morgan fingerprint density at radius 3 is 2.44 bits per heavy atom. The number of methoxy groups -OCH3 is 1. The fourth-order valence-corrected chi connectivity index (χ4v) is 7.08. The van der Waals surface area contributed by atoms with Crippen molar-refractivity contribution >= 4 is 10.0 Å². The largest absolute Gasteiger partial charge is 0.497 e. The van der Waals surface area contributed by atoms with Gasteiger partial charge in [-0.1, -0.05) is 48.0 Å². The summed E-state index contributed by atoms with van der Waals surface area (Å²) in [7, 11) is -1.96. The van der Waals surface area contributed by atoms with Crippen molar-refractivity contribution < 1.29 is 17.9 Å². The molecule has 0 N–H and O–H groups in total. The molecule has 0 unspecified atom stereocenters. The minimum absolute atomic E-state index is 0.0909. The maximum atomic E-state index is 13.6. The van der Waals surface area contributed by atoms with Crippen LogP contribution in [0.3, 0.4) is 0 Å². The summed E-state index contributed by atoms with van der Waals surface area (Å²) in [4.78, 5) is 5.55. The third-order valence-corrected chi connectivity index (χ3v) is 9.74. The van der Waals surface area contributed by atoms with E-state index in [4.69, 9.17) is 14.5 Å². The zero-order valence-corrected chi connectivity index (χ0v) is 23.3. The van der Waals surface area contributed by atoms with E-state index in [0.717, 1.165) is 56.1 Å². The lowest BCUT2D eigenvalue weighted by Gasteiger charge is -2.34. The zero-order chi connectivity index (χ0) is 27.1. The first-order valence-electron chi connectivity index (χ1n) is 13.3. The van der Waals surface area contributed by atoms with Crippen LogP contribution in [0.1, 0.15) is 45.2 Å². The highest BCUT2D eigenvalue weighted by atomic mass is 32.2. The van der Waals surface area contributed by atoms with Crippen molar-refractivity contribution in [1.82, 2.24) is 9.29 Å². The lowest BCUT2D eigenvalue weighted by molar-refractivity contribution is 0.0265. The van der Waals surface area contributed by atoms with Gasteiger partial charge in [0.1, 0.15) is 5.75 Å². The summed E-state index contributed by atoms with van der Waals surface area (Å²) in [6.07, 6.45) is 1.13. The number of benzene rings is 3. The van der Waals surface area contributed by atoms with Gasteiger partial charge < -0.3 is 9.47 Å². The summed E-state index contributed by atoms with van der Waals surface area (Å²) in [5.74, 6) is 0.811. The van der Waals surface area contributed by atoms with E-state index in [-0.39, 0.29) is 6.10 Å². The Balaban J connectivity index is 1.45. The van der Waals surface area contributed by atoms with Crippen LogP contribution < -0.4 is 4.74 Å². The molecular weight excluding hydrogens is 508 g/mol. The van der Waals surface area contributed by atoms with Gasteiger partial charge in [-0.05, 0) is 72.0 Å². The molecule has 0 saturated carbocycles.